The van der Waals surface area contributed by atoms with Crippen LogP contribution in [0.3, 0.4) is 0 Å². The Hall–Kier alpha value is -2.31. The molecule has 0 radical (unpaired) electrons. The topological polar surface area (TPSA) is 94.8 Å². The molecule has 1 saturated heterocycles. The largest absolute Gasteiger partial charge is 0.467 e. The van der Waals surface area contributed by atoms with Crippen molar-refractivity contribution in [2.24, 2.45) is 0 Å². The second kappa shape index (κ2) is 6.44. The Morgan fingerprint density at radius 1 is 1.35 bits per heavy atom. The molecule has 1 fully saturated rings. The van der Waals surface area contributed by atoms with E-state index in [1.165, 1.54) is 12.0 Å². The number of hydrogen-bond acceptors (Lipinski definition) is 6. The van der Waals surface area contributed by atoms with Gasteiger partial charge < -0.3 is 15.2 Å². The number of nitrogens with two attached hydrogens (primary N) is 1. The molecule has 126 valence electrons. The summed E-state index contributed by atoms with van der Waals surface area (Å²) in [4.78, 5) is 29.9. The molecule has 0 unspecified atom stereocenters. The molecule has 2 rings (SSSR count). The van der Waals surface area contributed by atoms with E-state index in [1.807, 2.05) is 6.07 Å². The quantitative estimate of drug-likeness (QED) is 0.836. The summed E-state index contributed by atoms with van der Waals surface area (Å²) in [5, 5.41) is 0. The van der Waals surface area contributed by atoms with Gasteiger partial charge in [-0.15, -0.1) is 0 Å². The molecular weight excluding hydrogens is 298 g/mol. The van der Waals surface area contributed by atoms with E-state index in [2.05, 4.69) is 4.98 Å². The number of esters is 1. The Morgan fingerprint density at radius 2 is 2.04 bits per heavy atom. The number of hydrogen-bond donors (Lipinski definition) is 1. The fourth-order valence-corrected chi connectivity index (χ4v) is 2.62. The fourth-order valence-electron chi connectivity index (χ4n) is 2.62. The monoisotopic (exact) mass is 321 g/mol. The van der Waals surface area contributed by atoms with Gasteiger partial charge >= 0.3 is 12.1 Å². The van der Waals surface area contributed by atoms with E-state index in [0.717, 1.165) is 5.56 Å². The predicted molar refractivity (Wildman–Crippen MR) is 84.8 cm³/mol. The zero-order valence-electron chi connectivity index (χ0n) is 13.9. The summed E-state index contributed by atoms with van der Waals surface area (Å²) in [6.45, 7) is 5.74. The molecule has 1 amide bonds. The van der Waals surface area contributed by atoms with Crippen LogP contribution in [0.25, 0.3) is 0 Å². The van der Waals surface area contributed by atoms with Gasteiger partial charge in [0.2, 0.25) is 0 Å². The maximum Gasteiger partial charge on any atom is 0.411 e. The predicted octanol–water partition coefficient (Wildman–Crippen LogP) is 1.93. The van der Waals surface area contributed by atoms with Gasteiger partial charge in [-0.3, -0.25) is 4.90 Å². The summed E-state index contributed by atoms with van der Waals surface area (Å²) in [7, 11) is 1.31. The molecule has 7 heteroatoms. The zero-order chi connectivity index (χ0) is 17.2. The van der Waals surface area contributed by atoms with Crippen LogP contribution in [0, 0.1) is 0 Å². The van der Waals surface area contributed by atoms with Crippen LogP contribution in [0.4, 0.5) is 10.6 Å². The fraction of sp³-hybridized carbons (Fsp3) is 0.562. The Bertz CT molecular complexity index is 580. The molecule has 0 spiro atoms. The van der Waals surface area contributed by atoms with Crippen LogP contribution in [0.1, 0.15) is 38.7 Å². The molecule has 1 aliphatic rings. The summed E-state index contributed by atoms with van der Waals surface area (Å²) < 4.78 is 10.2. The first-order valence-corrected chi connectivity index (χ1v) is 7.50. The standard InChI is InChI=1S/C16H23N3O4/c1-16(2,3)23-15(21)19-9-11(7-12(19)14(20)22-4)10-5-6-13(17)18-8-10/h5-6,8,11-12H,7,9H2,1-4H3,(H2,17,18)/t11-,12-/m0/s1. The number of carbonyl (C=O) groups excluding carboxylic acids is 2. The van der Waals surface area contributed by atoms with E-state index in [4.69, 9.17) is 15.2 Å². The van der Waals surface area contributed by atoms with Crippen molar-refractivity contribution in [2.75, 3.05) is 19.4 Å². The van der Waals surface area contributed by atoms with Crippen LogP contribution in [-0.4, -0.2) is 47.2 Å². The maximum absolute atomic E-state index is 12.4. The third-order valence-corrected chi connectivity index (χ3v) is 3.68. The minimum Gasteiger partial charge on any atom is -0.467 e. The van der Waals surface area contributed by atoms with Gasteiger partial charge in [0.15, 0.2) is 0 Å². The number of anilines is 1. The van der Waals surface area contributed by atoms with Crippen molar-refractivity contribution in [3.05, 3.63) is 23.9 Å². The third-order valence-electron chi connectivity index (χ3n) is 3.68. The van der Waals surface area contributed by atoms with Crippen LogP contribution >= 0.6 is 0 Å². The van der Waals surface area contributed by atoms with Crippen molar-refractivity contribution in [1.82, 2.24) is 9.88 Å². The molecule has 1 aromatic heterocycles. The van der Waals surface area contributed by atoms with Gasteiger partial charge in [-0.1, -0.05) is 6.07 Å². The molecule has 2 atom stereocenters. The average molecular weight is 321 g/mol. The van der Waals surface area contributed by atoms with E-state index < -0.39 is 23.7 Å². The number of rotatable bonds is 2. The van der Waals surface area contributed by atoms with Gasteiger partial charge in [0.05, 0.1) is 7.11 Å². The van der Waals surface area contributed by atoms with Gasteiger partial charge in [-0.2, -0.15) is 0 Å². The second-order valence-corrected chi connectivity index (χ2v) is 6.62. The molecule has 0 aliphatic carbocycles. The Labute approximate surface area is 135 Å². The van der Waals surface area contributed by atoms with Crippen molar-refractivity contribution in [1.29, 1.82) is 0 Å². The van der Waals surface area contributed by atoms with E-state index >= 15 is 0 Å². The number of pyridine rings is 1. The Balaban J connectivity index is 2.20. The first-order valence-electron chi connectivity index (χ1n) is 7.50. The summed E-state index contributed by atoms with van der Waals surface area (Å²) in [5.74, 6) is -0.0262. The van der Waals surface area contributed by atoms with Gasteiger partial charge in [0, 0.05) is 18.7 Å². The number of nitrogen functional groups attached to an aromatic ring is 1. The zero-order valence-corrected chi connectivity index (χ0v) is 13.9. The van der Waals surface area contributed by atoms with Gasteiger partial charge in [0.1, 0.15) is 17.5 Å². The molecule has 0 saturated carbocycles. The molecular formula is C16H23N3O4. The molecule has 7 nitrogen and oxygen atoms in total. The lowest BCUT2D eigenvalue weighted by Gasteiger charge is -2.27. The van der Waals surface area contributed by atoms with E-state index in [9.17, 15) is 9.59 Å². The SMILES string of the molecule is COC(=O)[C@@H]1C[C@H](c2ccc(N)nc2)CN1C(=O)OC(C)(C)C. The van der Waals surface area contributed by atoms with Gasteiger partial charge in [0.25, 0.3) is 0 Å². The van der Waals surface area contributed by atoms with Crippen molar-refractivity contribution in [3.63, 3.8) is 0 Å². The molecule has 1 aromatic rings. The first kappa shape index (κ1) is 17.1. The highest BCUT2D eigenvalue weighted by molar-refractivity contribution is 5.82. The Morgan fingerprint density at radius 3 is 2.57 bits per heavy atom. The van der Waals surface area contributed by atoms with Crippen molar-refractivity contribution in [2.45, 2.75) is 44.8 Å². The molecule has 0 bridgehead atoms. The molecule has 1 aliphatic heterocycles. The lowest BCUT2D eigenvalue weighted by atomic mass is 9.98. The average Bonchev–Trinajstić information content (AvgIpc) is 2.90. The lowest BCUT2D eigenvalue weighted by Crippen LogP contribution is -2.43. The van der Waals surface area contributed by atoms with Gasteiger partial charge in [-0.05, 0) is 38.8 Å². The van der Waals surface area contributed by atoms with Crippen LogP contribution in [0.15, 0.2) is 18.3 Å². The molecule has 0 aromatic carbocycles. The third kappa shape index (κ3) is 4.12. The Kier molecular flexibility index (Phi) is 4.77. The first-order chi connectivity index (χ1) is 10.7. The minimum atomic E-state index is -0.655. The van der Waals surface area contributed by atoms with Crippen LogP contribution < -0.4 is 5.73 Å². The number of nitrogens with zero attached hydrogens (tertiary/aromatic N) is 2. The highest BCUT2D eigenvalue weighted by atomic mass is 16.6. The summed E-state index contributed by atoms with van der Waals surface area (Å²) in [6, 6.07) is 2.91. The van der Waals surface area contributed by atoms with Crippen molar-refractivity contribution < 1.29 is 19.1 Å². The normalized spacial score (nSPS) is 21.1. The maximum atomic E-state index is 12.4. The molecule has 2 heterocycles. The van der Waals surface area contributed by atoms with Crippen molar-refractivity contribution in [3.8, 4) is 0 Å². The van der Waals surface area contributed by atoms with Gasteiger partial charge in [-0.25, -0.2) is 14.6 Å². The highest BCUT2D eigenvalue weighted by Gasteiger charge is 2.42. The van der Waals surface area contributed by atoms with Crippen LogP contribution in [0.2, 0.25) is 0 Å². The van der Waals surface area contributed by atoms with E-state index in [-0.39, 0.29) is 5.92 Å². The smallest absolute Gasteiger partial charge is 0.411 e. The molecule has 23 heavy (non-hydrogen) atoms. The summed E-state index contributed by atoms with van der Waals surface area (Å²) >= 11 is 0. The highest BCUT2D eigenvalue weighted by Crippen LogP contribution is 2.33. The molecule has 2 N–H and O–H groups in total. The number of likely N-dealkylation sites (tertiary alicyclic amines) is 1. The van der Waals surface area contributed by atoms with Crippen LogP contribution in [0.5, 0.6) is 0 Å². The minimum absolute atomic E-state index is 0.0141. The van der Waals surface area contributed by atoms with Crippen LogP contribution in [-0.2, 0) is 14.3 Å². The second-order valence-electron chi connectivity index (χ2n) is 6.62. The van der Waals surface area contributed by atoms with E-state index in [1.54, 1.807) is 33.0 Å². The number of ether oxygens (including phenoxy) is 2. The number of amides is 1. The van der Waals surface area contributed by atoms with E-state index in [0.29, 0.717) is 18.8 Å². The number of carbonyl (C=O) groups is 2. The van der Waals surface area contributed by atoms with Crippen molar-refractivity contribution >= 4 is 17.9 Å². The summed E-state index contributed by atoms with van der Waals surface area (Å²) in [5.41, 5.74) is 5.90. The lowest BCUT2D eigenvalue weighted by molar-refractivity contribution is -0.145. The summed E-state index contributed by atoms with van der Waals surface area (Å²) in [6.07, 6.45) is 1.63. The number of methoxy groups -OCH3 is 1. The number of aromatic nitrogens is 1.